The fraction of sp³-hybridized carbons (Fsp3) is 0.333. The largest absolute Gasteiger partial charge is 0.349 e. The van der Waals surface area contributed by atoms with E-state index in [4.69, 9.17) is 5.73 Å². The summed E-state index contributed by atoms with van der Waals surface area (Å²) in [6.45, 7) is 4.79. The normalized spacial score (nSPS) is 13.3. The second kappa shape index (κ2) is 6.43. The van der Waals surface area contributed by atoms with Crippen LogP contribution < -0.4 is 10.5 Å². The van der Waals surface area contributed by atoms with Gasteiger partial charge in [0, 0.05) is 31.0 Å². The molecule has 0 spiro atoms. The number of nitrogens with zero attached hydrogens (tertiary/aromatic N) is 1. The van der Waals surface area contributed by atoms with Gasteiger partial charge in [-0.1, -0.05) is 30.3 Å². The van der Waals surface area contributed by atoms with Gasteiger partial charge in [-0.2, -0.15) is 0 Å². The first-order chi connectivity index (χ1) is 9.97. The van der Waals surface area contributed by atoms with Crippen LogP contribution in [-0.2, 0) is 23.1 Å². The van der Waals surface area contributed by atoms with E-state index < -0.39 is 10.0 Å². The second-order valence-electron chi connectivity index (χ2n) is 4.91. The van der Waals surface area contributed by atoms with Gasteiger partial charge in [-0.05, 0) is 25.5 Å². The van der Waals surface area contributed by atoms with Gasteiger partial charge in [0.15, 0.2) is 0 Å². The molecule has 0 aliphatic rings. The fourth-order valence-electron chi connectivity index (χ4n) is 2.25. The molecule has 6 heteroatoms. The molecule has 0 aliphatic carbocycles. The lowest BCUT2D eigenvalue weighted by atomic mass is 10.1. The molecule has 1 atom stereocenters. The Morgan fingerprint density at radius 3 is 2.48 bits per heavy atom. The molecule has 1 aromatic heterocycles. The highest BCUT2D eigenvalue weighted by molar-refractivity contribution is 7.89. The molecule has 0 saturated carbocycles. The van der Waals surface area contributed by atoms with E-state index in [1.54, 1.807) is 12.3 Å². The molecule has 0 amide bonds. The zero-order valence-corrected chi connectivity index (χ0v) is 13.1. The first-order valence-corrected chi connectivity index (χ1v) is 8.42. The average molecular weight is 307 g/mol. The van der Waals surface area contributed by atoms with Crippen LogP contribution in [0.1, 0.15) is 31.1 Å². The van der Waals surface area contributed by atoms with Crippen LogP contribution in [0, 0.1) is 0 Å². The van der Waals surface area contributed by atoms with Crippen LogP contribution in [-0.4, -0.2) is 13.0 Å². The zero-order valence-electron chi connectivity index (χ0n) is 12.3. The summed E-state index contributed by atoms with van der Waals surface area (Å²) in [5.41, 5.74) is 7.38. The molecule has 0 bridgehead atoms. The quantitative estimate of drug-likeness (QED) is 0.857. The van der Waals surface area contributed by atoms with Crippen LogP contribution in [0.5, 0.6) is 0 Å². The molecule has 2 rings (SSSR count). The van der Waals surface area contributed by atoms with Gasteiger partial charge in [-0.3, -0.25) is 0 Å². The molecule has 114 valence electrons. The van der Waals surface area contributed by atoms with Crippen LogP contribution in [0.2, 0.25) is 0 Å². The lowest BCUT2D eigenvalue weighted by Crippen LogP contribution is -2.26. The lowest BCUT2D eigenvalue weighted by molar-refractivity contribution is 0.566. The van der Waals surface area contributed by atoms with E-state index >= 15 is 0 Å². The Hall–Kier alpha value is -1.63. The summed E-state index contributed by atoms with van der Waals surface area (Å²) < 4.78 is 29.4. The van der Waals surface area contributed by atoms with Crippen molar-refractivity contribution < 1.29 is 8.42 Å². The lowest BCUT2D eigenvalue weighted by Gasteiger charge is -2.13. The van der Waals surface area contributed by atoms with Gasteiger partial charge >= 0.3 is 0 Å². The van der Waals surface area contributed by atoms with Crippen LogP contribution in [0.3, 0.4) is 0 Å². The monoisotopic (exact) mass is 307 g/mol. The van der Waals surface area contributed by atoms with Gasteiger partial charge in [-0.25, -0.2) is 13.1 Å². The van der Waals surface area contributed by atoms with E-state index in [1.165, 1.54) is 0 Å². The van der Waals surface area contributed by atoms with Gasteiger partial charge in [0.05, 0.1) is 4.90 Å². The number of hydrogen-bond donors (Lipinski definition) is 2. The minimum Gasteiger partial charge on any atom is -0.349 e. The number of nitrogens with one attached hydrogen (secondary N) is 1. The van der Waals surface area contributed by atoms with Crippen molar-refractivity contribution in [2.24, 2.45) is 5.73 Å². The molecule has 1 aromatic carbocycles. The molecule has 0 aliphatic heterocycles. The SMILES string of the molecule is CCn1cc(S(=O)(=O)NC(C)c2ccccc2)cc1CN. The molecular formula is C15H21N3O2S. The molecule has 0 saturated heterocycles. The second-order valence-corrected chi connectivity index (χ2v) is 6.62. The number of hydrogen-bond acceptors (Lipinski definition) is 3. The summed E-state index contributed by atoms with van der Waals surface area (Å²) >= 11 is 0. The van der Waals surface area contributed by atoms with E-state index in [0.29, 0.717) is 13.1 Å². The third kappa shape index (κ3) is 3.53. The number of rotatable bonds is 6. The third-order valence-electron chi connectivity index (χ3n) is 3.45. The zero-order chi connectivity index (χ0) is 15.5. The maximum Gasteiger partial charge on any atom is 0.242 e. The van der Waals surface area contributed by atoms with Crippen LogP contribution in [0.4, 0.5) is 0 Å². The molecule has 5 nitrogen and oxygen atoms in total. The summed E-state index contributed by atoms with van der Waals surface area (Å²) in [6.07, 6.45) is 1.63. The standard InChI is InChI=1S/C15H21N3O2S/c1-3-18-11-15(9-14(18)10-16)21(19,20)17-12(2)13-7-5-4-6-8-13/h4-9,11-12,17H,3,10,16H2,1-2H3. The predicted molar refractivity (Wildman–Crippen MR) is 83.2 cm³/mol. The Balaban J connectivity index is 2.24. The Morgan fingerprint density at radius 2 is 1.95 bits per heavy atom. The van der Waals surface area contributed by atoms with Gasteiger partial charge in [-0.15, -0.1) is 0 Å². The van der Waals surface area contributed by atoms with Gasteiger partial charge in [0.1, 0.15) is 0 Å². The van der Waals surface area contributed by atoms with Crippen LogP contribution in [0.15, 0.2) is 47.5 Å². The third-order valence-corrected chi connectivity index (χ3v) is 4.96. The highest BCUT2D eigenvalue weighted by atomic mass is 32.2. The highest BCUT2D eigenvalue weighted by Crippen LogP contribution is 2.19. The Morgan fingerprint density at radius 1 is 1.29 bits per heavy atom. The average Bonchev–Trinajstić information content (AvgIpc) is 2.92. The maximum absolute atomic E-state index is 12.4. The molecule has 2 aromatic rings. The summed E-state index contributed by atoms with van der Waals surface area (Å²) in [6, 6.07) is 10.8. The molecule has 21 heavy (non-hydrogen) atoms. The van der Waals surface area contributed by atoms with Gasteiger partial charge < -0.3 is 10.3 Å². The number of sulfonamides is 1. The maximum atomic E-state index is 12.4. The first-order valence-electron chi connectivity index (χ1n) is 6.94. The summed E-state index contributed by atoms with van der Waals surface area (Å²) in [5, 5.41) is 0. The van der Waals surface area contributed by atoms with Crippen molar-refractivity contribution in [2.75, 3.05) is 0 Å². The van der Waals surface area contributed by atoms with Crippen molar-refractivity contribution >= 4 is 10.0 Å². The molecular weight excluding hydrogens is 286 g/mol. The summed E-state index contributed by atoms with van der Waals surface area (Å²) in [4.78, 5) is 0.257. The molecule has 3 N–H and O–H groups in total. The molecule has 0 fully saturated rings. The van der Waals surface area contributed by atoms with Crippen molar-refractivity contribution in [2.45, 2.75) is 37.9 Å². The molecule has 0 radical (unpaired) electrons. The van der Waals surface area contributed by atoms with Gasteiger partial charge in [0.25, 0.3) is 0 Å². The van der Waals surface area contributed by atoms with Crippen molar-refractivity contribution in [1.29, 1.82) is 0 Å². The van der Waals surface area contributed by atoms with E-state index in [-0.39, 0.29) is 10.9 Å². The Labute approximate surface area is 125 Å². The first kappa shape index (κ1) is 15.8. The Kier molecular flexibility index (Phi) is 4.82. The van der Waals surface area contributed by atoms with Crippen molar-refractivity contribution in [3.05, 3.63) is 53.9 Å². The summed E-state index contributed by atoms with van der Waals surface area (Å²) in [7, 11) is -3.56. The van der Waals surface area contributed by atoms with E-state index in [0.717, 1.165) is 11.3 Å². The van der Waals surface area contributed by atoms with Crippen molar-refractivity contribution in [1.82, 2.24) is 9.29 Å². The van der Waals surface area contributed by atoms with Crippen LogP contribution >= 0.6 is 0 Å². The fourth-order valence-corrected chi connectivity index (χ4v) is 3.54. The highest BCUT2D eigenvalue weighted by Gasteiger charge is 2.20. The number of benzene rings is 1. The molecule has 1 heterocycles. The number of nitrogens with two attached hydrogens (primary N) is 1. The smallest absolute Gasteiger partial charge is 0.242 e. The van der Waals surface area contributed by atoms with E-state index in [2.05, 4.69) is 4.72 Å². The topological polar surface area (TPSA) is 77.1 Å². The molecule has 1 unspecified atom stereocenters. The van der Waals surface area contributed by atoms with Gasteiger partial charge in [0.2, 0.25) is 10.0 Å². The van der Waals surface area contributed by atoms with Crippen molar-refractivity contribution in [3.63, 3.8) is 0 Å². The van der Waals surface area contributed by atoms with Crippen molar-refractivity contribution in [3.8, 4) is 0 Å². The van der Waals surface area contributed by atoms with Crippen LogP contribution in [0.25, 0.3) is 0 Å². The number of aryl methyl sites for hydroxylation is 1. The minimum atomic E-state index is -3.56. The Bertz CT molecular complexity index is 671. The number of aromatic nitrogens is 1. The van der Waals surface area contributed by atoms with E-state index in [9.17, 15) is 8.42 Å². The summed E-state index contributed by atoms with van der Waals surface area (Å²) in [5.74, 6) is 0. The minimum absolute atomic E-state index is 0.257. The predicted octanol–water partition coefficient (Wildman–Crippen LogP) is 2.01. The van der Waals surface area contributed by atoms with E-state index in [1.807, 2.05) is 48.7 Å².